The first-order valence-electron chi connectivity index (χ1n) is 6.70. The lowest BCUT2D eigenvalue weighted by Gasteiger charge is -2.05. The number of aliphatic hydroxyl groups is 1. The van der Waals surface area contributed by atoms with Crippen molar-refractivity contribution in [3.05, 3.63) is 47.5 Å². The number of hydrogen-bond acceptors (Lipinski definition) is 5. The van der Waals surface area contributed by atoms with E-state index in [0.29, 0.717) is 0 Å². The Kier molecular flexibility index (Phi) is 10.3. The predicted molar refractivity (Wildman–Crippen MR) is 82.1 cm³/mol. The van der Waals surface area contributed by atoms with Gasteiger partial charge in [-0.3, -0.25) is 0 Å². The van der Waals surface area contributed by atoms with E-state index < -0.39 is 11.9 Å². The van der Waals surface area contributed by atoms with Gasteiger partial charge in [-0.15, -0.1) is 6.58 Å². The fourth-order valence-corrected chi connectivity index (χ4v) is 1.06. The Bertz CT molecular complexity index is 486. The smallest absolute Gasteiger partial charge is 0.339 e. The van der Waals surface area contributed by atoms with Crippen molar-refractivity contribution < 1.29 is 29.3 Å². The molecule has 6 nitrogen and oxygen atoms in total. The molecule has 1 fully saturated rings. The molecule has 0 unspecified atom stereocenters. The minimum Gasteiger partial charge on any atom is -0.478 e. The molecule has 0 radical (unpaired) electrons. The van der Waals surface area contributed by atoms with Crippen LogP contribution in [0.1, 0.15) is 34.6 Å². The van der Waals surface area contributed by atoms with E-state index in [2.05, 4.69) is 16.1 Å². The van der Waals surface area contributed by atoms with Crippen molar-refractivity contribution in [2.75, 3.05) is 26.4 Å². The summed E-state index contributed by atoms with van der Waals surface area (Å²) in [5, 5.41) is 17.2. The van der Waals surface area contributed by atoms with Crippen LogP contribution in [0.5, 0.6) is 0 Å². The molecule has 0 aliphatic carbocycles. The molecule has 1 aliphatic heterocycles. The highest BCUT2D eigenvalue weighted by molar-refractivity contribution is 6.02. The molecule has 1 aromatic carbocycles. The monoisotopic (exact) mass is 310 g/mol. The second kappa shape index (κ2) is 11.5. The van der Waals surface area contributed by atoms with Crippen molar-refractivity contribution in [1.82, 2.24) is 0 Å². The lowest BCUT2D eigenvalue weighted by atomic mass is 10.1. The van der Waals surface area contributed by atoms with Gasteiger partial charge in [0.1, 0.15) is 6.61 Å². The Labute approximate surface area is 130 Å². The van der Waals surface area contributed by atoms with Crippen LogP contribution < -0.4 is 0 Å². The maximum atomic E-state index is 11.3. The average Bonchev–Trinajstić information content (AvgIpc) is 3.32. The summed E-state index contributed by atoms with van der Waals surface area (Å²) in [6.45, 7) is 9.06. The van der Waals surface area contributed by atoms with Gasteiger partial charge in [-0.1, -0.05) is 17.7 Å². The van der Waals surface area contributed by atoms with Gasteiger partial charge < -0.3 is 19.7 Å². The van der Waals surface area contributed by atoms with Gasteiger partial charge in [-0.05, 0) is 26.0 Å². The summed E-state index contributed by atoms with van der Waals surface area (Å²) in [6.07, 6.45) is 0. The number of ether oxygens (including phenoxy) is 2. The van der Waals surface area contributed by atoms with Crippen molar-refractivity contribution in [2.45, 2.75) is 13.8 Å². The fraction of sp³-hybridized carbons (Fsp3) is 0.375. The number of rotatable bonds is 4. The molecular formula is C16H22O6. The van der Waals surface area contributed by atoms with Gasteiger partial charge in [0, 0.05) is 0 Å². The molecule has 0 saturated carbocycles. The third-order valence-electron chi connectivity index (χ3n) is 1.91. The van der Waals surface area contributed by atoms with Crippen LogP contribution in [0.3, 0.4) is 0 Å². The molecular weight excluding hydrogens is 288 g/mol. The Morgan fingerprint density at radius 2 is 1.68 bits per heavy atom. The van der Waals surface area contributed by atoms with Gasteiger partial charge in [-0.25, -0.2) is 9.59 Å². The van der Waals surface area contributed by atoms with Gasteiger partial charge in [0.25, 0.3) is 0 Å². The second-order valence-electron chi connectivity index (χ2n) is 4.53. The number of aromatic carboxylic acids is 1. The van der Waals surface area contributed by atoms with Gasteiger partial charge in [-0.2, -0.15) is 0 Å². The number of benzene rings is 1. The molecule has 122 valence electrons. The molecule has 0 amide bonds. The summed E-state index contributed by atoms with van der Waals surface area (Å²) >= 11 is 0. The van der Waals surface area contributed by atoms with Crippen molar-refractivity contribution in [3.8, 4) is 0 Å². The number of carbonyl (C=O) groups is 2. The number of allylic oxidation sites excluding steroid dienone is 1. The third kappa shape index (κ3) is 10.6. The lowest BCUT2D eigenvalue weighted by Crippen LogP contribution is -2.13. The standard InChI is InChI=1S/C10H10O5.C4H8.C2H4O/c11-5-6-15-10(14)8-4-2-1-3-7(8)9(12)13;1-4(2)3;1-2-3-1/h1-4,11H,5-6H2,(H,12,13);1H2,2-3H3;1-2H2. The number of aliphatic hydroxyl groups excluding tert-OH is 1. The highest BCUT2D eigenvalue weighted by Gasteiger charge is 2.16. The van der Waals surface area contributed by atoms with E-state index in [0.717, 1.165) is 13.2 Å². The molecule has 2 N–H and O–H groups in total. The molecule has 0 atom stereocenters. The van der Waals surface area contributed by atoms with Crippen LogP contribution in [0.4, 0.5) is 0 Å². The second-order valence-corrected chi connectivity index (χ2v) is 4.53. The van der Waals surface area contributed by atoms with E-state index >= 15 is 0 Å². The molecule has 0 spiro atoms. The molecule has 2 rings (SSSR count). The summed E-state index contributed by atoms with van der Waals surface area (Å²) in [6, 6.07) is 5.75. The van der Waals surface area contributed by atoms with E-state index in [9.17, 15) is 9.59 Å². The minimum atomic E-state index is -1.19. The zero-order valence-electron chi connectivity index (χ0n) is 12.9. The first-order valence-corrected chi connectivity index (χ1v) is 6.70. The quantitative estimate of drug-likeness (QED) is 0.502. The Morgan fingerprint density at radius 3 is 2.05 bits per heavy atom. The van der Waals surface area contributed by atoms with Crippen LogP contribution in [0.15, 0.2) is 36.4 Å². The summed E-state index contributed by atoms with van der Waals surface area (Å²) in [7, 11) is 0. The van der Waals surface area contributed by atoms with E-state index in [-0.39, 0.29) is 24.3 Å². The van der Waals surface area contributed by atoms with Gasteiger partial charge in [0.05, 0.1) is 30.9 Å². The Hall–Kier alpha value is -2.18. The molecule has 1 saturated heterocycles. The maximum absolute atomic E-state index is 11.3. The van der Waals surface area contributed by atoms with Crippen LogP contribution in [0.25, 0.3) is 0 Å². The molecule has 6 heteroatoms. The van der Waals surface area contributed by atoms with Crippen LogP contribution in [-0.2, 0) is 9.47 Å². The Morgan fingerprint density at radius 1 is 1.23 bits per heavy atom. The van der Waals surface area contributed by atoms with Crippen LogP contribution in [-0.4, -0.2) is 48.6 Å². The molecule has 1 aromatic rings. The van der Waals surface area contributed by atoms with Crippen molar-refractivity contribution >= 4 is 11.9 Å². The highest BCUT2D eigenvalue weighted by Crippen LogP contribution is 2.10. The average molecular weight is 310 g/mol. The summed E-state index contributed by atoms with van der Waals surface area (Å²) in [5.74, 6) is -1.94. The predicted octanol–water partition coefficient (Wildman–Crippen LogP) is 2.13. The lowest BCUT2D eigenvalue weighted by molar-refractivity contribution is 0.0426. The largest absolute Gasteiger partial charge is 0.478 e. The van der Waals surface area contributed by atoms with Crippen LogP contribution >= 0.6 is 0 Å². The summed E-state index contributed by atoms with van der Waals surface area (Å²) < 4.78 is 9.12. The normalized spacial score (nSPS) is 11.0. The number of carboxylic acid groups (broad SMARTS) is 1. The zero-order valence-corrected chi connectivity index (χ0v) is 12.9. The third-order valence-corrected chi connectivity index (χ3v) is 1.91. The molecule has 0 bridgehead atoms. The first kappa shape index (κ1) is 19.8. The Balaban J connectivity index is 0.000000518. The van der Waals surface area contributed by atoms with E-state index in [1.54, 1.807) is 6.07 Å². The topological polar surface area (TPSA) is 96.4 Å². The number of carboxylic acids is 1. The van der Waals surface area contributed by atoms with E-state index in [1.807, 2.05) is 13.8 Å². The van der Waals surface area contributed by atoms with Gasteiger partial charge in [0.2, 0.25) is 0 Å². The summed E-state index contributed by atoms with van der Waals surface area (Å²) in [5.41, 5.74) is 1.04. The van der Waals surface area contributed by atoms with Crippen molar-refractivity contribution in [3.63, 3.8) is 0 Å². The van der Waals surface area contributed by atoms with Crippen molar-refractivity contribution in [1.29, 1.82) is 0 Å². The fourth-order valence-electron chi connectivity index (χ4n) is 1.06. The van der Waals surface area contributed by atoms with Gasteiger partial charge >= 0.3 is 11.9 Å². The van der Waals surface area contributed by atoms with Crippen LogP contribution in [0, 0.1) is 0 Å². The molecule has 1 heterocycles. The SMILES string of the molecule is C1CO1.C=C(C)C.O=C(O)c1ccccc1C(=O)OCCO. The summed E-state index contributed by atoms with van der Waals surface area (Å²) in [4.78, 5) is 22.1. The number of esters is 1. The zero-order chi connectivity index (χ0) is 17.0. The van der Waals surface area contributed by atoms with Gasteiger partial charge in [0.15, 0.2) is 0 Å². The number of hydrogen-bond donors (Lipinski definition) is 2. The number of carbonyl (C=O) groups excluding carboxylic acids is 1. The minimum absolute atomic E-state index is 0.0153. The molecule has 0 aromatic heterocycles. The maximum Gasteiger partial charge on any atom is 0.339 e. The first-order chi connectivity index (χ1) is 10.4. The number of epoxide rings is 1. The van der Waals surface area contributed by atoms with E-state index in [1.165, 1.54) is 23.8 Å². The van der Waals surface area contributed by atoms with Crippen LogP contribution in [0.2, 0.25) is 0 Å². The van der Waals surface area contributed by atoms with E-state index in [4.69, 9.17) is 10.2 Å². The van der Waals surface area contributed by atoms with Crippen molar-refractivity contribution in [2.24, 2.45) is 0 Å². The highest BCUT2D eigenvalue weighted by atomic mass is 16.6. The molecule has 1 aliphatic rings. The molecule has 22 heavy (non-hydrogen) atoms.